The highest BCUT2D eigenvalue weighted by atomic mass is 16.2. The third-order valence-electron chi connectivity index (χ3n) is 4.95. The standard InChI is InChI=1S/C21H27N3O/c1-23(21(25)20(22)19-10-6-3-7-11-19)14-18-12-13-24(16-18)15-17-8-4-2-5-9-17/h2-11,18,20H,12-16,22H2,1H3. The van der Waals surface area contributed by atoms with Crippen LogP contribution in [0.2, 0.25) is 0 Å². The lowest BCUT2D eigenvalue weighted by molar-refractivity contribution is -0.131. The highest BCUT2D eigenvalue weighted by Gasteiger charge is 2.27. The molecule has 2 unspecified atom stereocenters. The van der Waals surface area contributed by atoms with Gasteiger partial charge in [0.15, 0.2) is 0 Å². The number of likely N-dealkylation sites (N-methyl/N-ethyl adjacent to an activating group) is 1. The summed E-state index contributed by atoms with van der Waals surface area (Å²) in [6.07, 6.45) is 1.13. The smallest absolute Gasteiger partial charge is 0.243 e. The van der Waals surface area contributed by atoms with Crippen LogP contribution in [0.5, 0.6) is 0 Å². The van der Waals surface area contributed by atoms with Gasteiger partial charge >= 0.3 is 0 Å². The van der Waals surface area contributed by atoms with Crippen molar-refractivity contribution in [3.63, 3.8) is 0 Å². The maximum absolute atomic E-state index is 12.6. The molecule has 0 aliphatic carbocycles. The van der Waals surface area contributed by atoms with Crippen LogP contribution in [0.3, 0.4) is 0 Å². The summed E-state index contributed by atoms with van der Waals surface area (Å²) in [6.45, 7) is 3.88. The van der Waals surface area contributed by atoms with E-state index in [1.807, 2.05) is 43.4 Å². The monoisotopic (exact) mass is 337 g/mol. The molecule has 0 radical (unpaired) electrons. The Labute approximate surface area is 150 Å². The van der Waals surface area contributed by atoms with Crippen molar-refractivity contribution in [1.29, 1.82) is 0 Å². The number of likely N-dealkylation sites (tertiary alicyclic amines) is 1. The van der Waals surface area contributed by atoms with E-state index in [4.69, 9.17) is 5.73 Å². The van der Waals surface area contributed by atoms with Crippen molar-refractivity contribution in [1.82, 2.24) is 9.80 Å². The first-order valence-electron chi connectivity index (χ1n) is 8.95. The summed E-state index contributed by atoms with van der Waals surface area (Å²) in [5, 5.41) is 0. The molecule has 0 spiro atoms. The highest BCUT2D eigenvalue weighted by Crippen LogP contribution is 2.21. The average molecular weight is 337 g/mol. The van der Waals surface area contributed by atoms with Gasteiger partial charge in [0, 0.05) is 26.7 Å². The van der Waals surface area contributed by atoms with E-state index in [0.29, 0.717) is 5.92 Å². The number of amides is 1. The fraction of sp³-hybridized carbons (Fsp3) is 0.381. The fourth-order valence-corrected chi connectivity index (χ4v) is 3.56. The number of hydrogen-bond acceptors (Lipinski definition) is 3. The third-order valence-corrected chi connectivity index (χ3v) is 4.95. The van der Waals surface area contributed by atoms with Gasteiger partial charge in [-0.15, -0.1) is 0 Å². The van der Waals surface area contributed by atoms with Crippen LogP contribution in [0, 0.1) is 5.92 Å². The van der Waals surface area contributed by atoms with Crippen LogP contribution in [-0.2, 0) is 11.3 Å². The molecule has 2 aromatic carbocycles. The van der Waals surface area contributed by atoms with E-state index in [-0.39, 0.29) is 5.91 Å². The van der Waals surface area contributed by atoms with Gasteiger partial charge < -0.3 is 10.6 Å². The van der Waals surface area contributed by atoms with Crippen LogP contribution in [0.1, 0.15) is 23.6 Å². The maximum atomic E-state index is 12.6. The Kier molecular flexibility index (Phi) is 5.84. The van der Waals surface area contributed by atoms with Crippen molar-refractivity contribution in [3.8, 4) is 0 Å². The zero-order valence-electron chi connectivity index (χ0n) is 14.8. The Morgan fingerprint density at radius 3 is 2.48 bits per heavy atom. The molecule has 1 aliphatic heterocycles. The molecule has 1 amide bonds. The molecule has 0 bridgehead atoms. The van der Waals surface area contributed by atoms with Crippen molar-refractivity contribution in [3.05, 3.63) is 71.8 Å². The molecule has 0 saturated carbocycles. The first-order chi connectivity index (χ1) is 12.1. The molecular formula is C21H27N3O. The molecule has 4 nitrogen and oxygen atoms in total. The molecule has 1 fully saturated rings. The highest BCUT2D eigenvalue weighted by molar-refractivity contribution is 5.82. The molecule has 1 saturated heterocycles. The minimum Gasteiger partial charge on any atom is -0.344 e. The summed E-state index contributed by atoms with van der Waals surface area (Å²) in [4.78, 5) is 16.9. The Morgan fingerprint density at radius 1 is 1.16 bits per heavy atom. The second-order valence-corrected chi connectivity index (χ2v) is 6.98. The number of carbonyl (C=O) groups is 1. The fourth-order valence-electron chi connectivity index (χ4n) is 3.56. The van der Waals surface area contributed by atoms with Gasteiger partial charge in [-0.25, -0.2) is 0 Å². The molecule has 2 atom stereocenters. The zero-order valence-corrected chi connectivity index (χ0v) is 14.8. The number of hydrogen-bond donors (Lipinski definition) is 1. The lowest BCUT2D eigenvalue weighted by Gasteiger charge is -2.25. The van der Waals surface area contributed by atoms with Gasteiger partial charge in [-0.2, -0.15) is 0 Å². The second-order valence-electron chi connectivity index (χ2n) is 6.98. The summed E-state index contributed by atoms with van der Waals surface area (Å²) in [6, 6.07) is 19.6. The molecule has 132 valence electrons. The van der Waals surface area contributed by atoms with Gasteiger partial charge in [-0.3, -0.25) is 9.69 Å². The van der Waals surface area contributed by atoms with Crippen molar-refractivity contribution < 1.29 is 4.79 Å². The van der Waals surface area contributed by atoms with Crippen LogP contribution < -0.4 is 5.73 Å². The minimum absolute atomic E-state index is 0.00675. The molecule has 3 rings (SSSR count). The molecule has 1 aliphatic rings. The molecule has 25 heavy (non-hydrogen) atoms. The lowest BCUT2D eigenvalue weighted by Crippen LogP contribution is -2.39. The topological polar surface area (TPSA) is 49.6 Å². The van der Waals surface area contributed by atoms with Gasteiger partial charge in [0.05, 0.1) is 0 Å². The van der Waals surface area contributed by atoms with Crippen molar-refractivity contribution >= 4 is 5.91 Å². The van der Waals surface area contributed by atoms with Crippen LogP contribution in [0.25, 0.3) is 0 Å². The summed E-state index contributed by atoms with van der Waals surface area (Å²) in [5.41, 5.74) is 8.36. The normalized spacial score (nSPS) is 18.9. The number of nitrogens with zero attached hydrogens (tertiary/aromatic N) is 2. The summed E-state index contributed by atoms with van der Waals surface area (Å²) >= 11 is 0. The minimum atomic E-state index is -0.576. The number of carbonyl (C=O) groups excluding carboxylic acids is 1. The molecule has 4 heteroatoms. The van der Waals surface area contributed by atoms with Crippen LogP contribution >= 0.6 is 0 Å². The average Bonchev–Trinajstić information content (AvgIpc) is 3.08. The SMILES string of the molecule is CN(CC1CCN(Cc2ccccc2)C1)C(=O)C(N)c1ccccc1. The molecule has 0 aromatic heterocycles. The van der Waals surface area contributed by atoms with Crippen molar-refractivity contribution in [2.45, 2.75) is 19.0 Å². The van der Waals surface area contributed by atoms with Gasteiger partial charge in [-0.05, 0) is 30.0 Å². The van der Waals surface area contributed by atoms with Crippen molar-refractivity contribution in [2.24, 2.45) is 11.7 Å². The molecular weight excluding hydrogens is 310 g/mol. The summed E-state index contributed by atoms with van der Waals surface area (Å²) < 4.78 is 0. The van der Waals surface area contributed by atoms with Gasteiger partial charge in [0.1, 0.15) is 6.04 Å². The zero-order chi connectivity index (χ0) is 17.6. The van der Waals surface area contributed by atoms with E-state index in [2.05, 4.69) is 29.2 Å². The van der Waals surface area contributed by atoms with Crippen LogP contribution in [0.15, 0.2) is 60.7 Å². The predicted molar refractivity (Wildman–Crippen MR) is 101 cm³/mol. The maximum Gasteiger partial charge on any atom is 0.243 e. The van der Waals surface area contributed by atoms with E-state index in [1.54, 1.807) is 4.90 Å². The first kappa shape index (κ1) is 17.6. The number of rotatable bonds is 6. The third kappa shape index (κ3) is 4.68. The van der Waals surface area contributed by atoms with E-state index in [1.165, 1.54) is 5.56 Å². The Balaban J connectivity index is 1.50. The van der Waals surface area contributed by atoms with E-state index >= 15 is 0 Å². The molecule has 2 aromatic rings. The van der Waals surface area contributed by atoms with Crippen LogP contribution in [-0.4, -0.2) is 42.4 Å². The van der Waals surface area contributed by atoms with Crippen molar-refractivity contribution in [2.75, 3.05) is 26.7 Å². The van der Waals surface area contributed by atoms with Gasteiger partial charge in [0.25, 0.3) is 0 Å². The summed E-state index contributed by atoms with van der Waals surface area (Å²) in [7, 11) is 1.87. The Bertz CT molecular complexity index is 674. The Morgan fingerprint density at radius 2 is 1.80 bits per heavy atom. The lowest BCUT2D eigenvalue weighted by atomic mass is 10.0. The summed E-state index contributed by atoms with van der Waals surface area (Å²) in [5.74, 6) is 0.508. The van der Waals surface area contributed by atoms with E-state index in [0.717, 1.165) is 38.2 Å². The second kappa shape index (κ2) is 8.28. The predicted octanol–water partition coefficient (Wildman–Crippen LogP) is 2.67. The molecule has 2 N–H and O–H groups in total. The van der Waals surface area contributed by atoms with E-state index < -0.39 is 6.04 Å². The first-order valence-corrected chi connectivity index (χ1v) is 8.95. The largest absolute Gasteiger partial charge is 0.344 e. The van der Waals surface area contributed by atoms with E-state index in [9.17, 15) is 4.79 Å². The van der Waals surface area contributed by atoms with Gasteiger partial charge in [-0.1, -0.05) is 60.7 Å². The number of benzene rings is 2. The quantitative estimate of drug-likeness (QED) is 0.882. The Hall–Kier alpha value is -2.17. The number of nitrogens with two attached hydrogens (primary N) is 1. The van der Waals surface area contributed by atoms with Crippen LogP contribution in [0.4, 0.5) is 0 Å². The van der Waals surface area contributed by atoms with Gasteiger partial charge in [0.2, 0.25) is 5.91 Å². The molecule has 1 heterocycles.